The lowest BCUT2D eigenvalue weighted by Gasteiger charge is -2.03. The number of hydrogen-bond donors (Lipinski definition) is 1. The van der Waals surface area contributed by atoms with Gasteiger partial charge in [-0.25, -0.2) is 0 Å². The molecule has 0 fully saturated rings. The zero-order valence-electron chi connectivity index (χ0n) is 9.17. The van der Waals surface area contributed by atoms with Crippen molar-refractivity contribution < 1.29 is 0 Å². The summed E-state index contributed by atoms with van der Waals surface area (Å²) in [6.07, 6.45) is 3.53. The number of aromatic nitrogens is 2. The van der Waals surface area contributed by atoms with Gasteiger partial charge in [0.1, 0.15) is 0 Å². The Balaban J connectivity index is 2.18. The van der Waals surface area contributed by atoms with Crippen LogP contribution < -0.4 is 5.73 Å². The molecule has 2 N–H and O–H groups in total. The number of fused-ring (bicyclic) bond motifs is 1. The van der Waals surface area contributed by atoms with Gasteiger partial charge in [-0.3, -0.25) is 9.97 Å². The van der Waals surface area contributed by atoms with Crippen LogP contribution in [0.25, 0.3) is 22.2 Å². The maximum atomic E-state index is 5.75. The zero-order valence-corrected chi connectivity index (χ0v) is 9.17. The third kappa shape index (κ3) is 1.83. The molecule has 0 bridgehead atoms. The van der Waals surface area contributed by atoms with Gasteiger partial charge in [-0.1, -0.05) is 18.2 Å². The van der Waals surface area contributed by atoms with E-state index in [0.29, 0.717) is 5.69 Å². The molecular weight excluding hydrogens is 210 g/mol. The SMILES string of the molecule is Nc1ccnc(-c2cnc3ccccc3c2)c1. The minimum Gasteiger partial charge on any atom is -0.399 e. The first kappa shape index (κ1) is 9.78. The van der Waals surface area contributed by atoms with E-state index in [2.05, 4.69) is 16.0 Å². The summed E-state index contributed by atoms with van der Waals surface area (Å²) in [6, 6.07) is 13.7. The van der Waals surface area contributed by atoms with Crippen LogP contribution in [0.3, 0.4) is 0 Å². The van der Waals surface area contributed by atoms with Crippen LogP contribution >= 0.6 is 0 Å². The molecule has 0 aliphatic carbocycles. The van der Waals surface area contributed by atoms with Crippen molar-refractivity contribution in [2.24, 2.45) is 0 Å². The summed E-state index contributed by atoms with van der Waals surface area (Å²) in [5, 5.41) is 1.11. The summed E-state index contributed by atoms with van der Waals surface area (Å²) in [5.41, 5.74) is 9.28. The van der Waals surface area contributed by atoms with Crippen LogP contribution in [0.4, 0.5) is 5.69 Å². The summed E-state index contributed by atoms with van der Waals surface area (Å²) >= 11 is 0. The van der Waals surface area contributed by atoms with Crippen molar-refractivity contribution >= 4 is 16.6 Å². The van der Waals surface area contributed by atoms with Crippen LogP contribution in [-0.2, 0) is 0 Å². The van der Waals surface area contributed by atoms with Gasteiger partial charge < -0.3 is 5.73 Å². The van der Waals surface area contributed by atoms with E-state index < -0.39 is 0 Å². The molecule has 17 heavy (non-hydrogen) atoms. The maximum absolute atomic E-state index is 5.75. The van der Waals surface area contributed by atoms with Gasteiger partial charge in [0, 0.05) is 29.0 Å². The van der Waals surface area contributed by atoms with Crippen molar-refractivity contribution in [3.8, 4) is 11.3 Å². The molecule has 3 rings (SSSR count). The number of nitrogen functional groups attached to an aromatic ring is 1. The number of para-hydroxylation sites is 1. The van der Waals surface area contributed by atoms with E-state index in [1.807, 2.05) is 36.5 Å². The second-order valence-electron chi connectivity index (χ2n) is 3.89. The number of benzene rings is 1. The van der Waals surface area contributed by atoms with E-state index in [0.717, 1.165) is 22.2 Å². The molecule has 0 spiro atoms. The molecule has 3 nitrogen and oxygen atoms in total. The number of nitrogens with two attached hydrogens (primary N) is 1. The van der Waals surface area contributed by atoms with Crippen molar-refractivity contribution in [2.45, 2.75) is 0 Å². The summed E-state index contributed by atoms with van der Waals surface area (Å²) in [6.45, 7) is 0. The van der Waals surface area contributed by atoms with Crippen LogP contribution in [0.5, 0.6) is 0 Å². The summed E-state index contributed by atoms with van der Waals surface area (Å²) in [7, 11) is 0. The molecule has 0 saturated heterocycles. The smallest absolute Gasteiger partial charge is 0.0738 e. The standard InChI is InChI=1S/C14H11N3/c15-12-5-6-16-14(8-12)11-7-10-3-1-2-4-13(10)17-9-11/h1-9H,(H2,15,16). The highest BCUT2D eigenvalue weighted by molar-refractivity contribution is 5.83. The van der Waals surface area contributed by atoms with Gasteiger partial charge in [0.25, 0.3) is 0 Å². The van der Waals surface area contributed by atoms with Crippen molar-refractivity contribution in [1.82, 2.24) is 9.97 Å². The zero-order chi connectivity index (χ0) is 11.7. The minimum absolute atomic E-state index is 0.711. The van der Waals surface area contributed by atoms with Gasteiger partial charge in [0.05, 0.1) is 11.2 Å². The molecule has 82 valence electrons. The Hall–Kier alpha value is -2.42. The van der Waals surface area contributed by atoms with Crippen molar-refractivity contribution in [3.63, 3.8) is 0 Å². The largest absolute Gasteiger partial charge is 0.399 e. The average molecular weight is 221 g/mol. The van der Waals surface area contributed by atoms with Gasteiger partial charge in [0.2, 0.25) is 0 Å². The van der Waals surface area contributed by atoms with Gasteiger partial charge in [0.15, 0.2) is 0 Å². The molecule has 0 amide bonds. The molecule has 0 saturated carbocycles. The van der Waals surface area contributed by atoms with E-state index >= 15 is 0 Å². The fourth-order valence-corrected chi connectivity index (χ4v) is 1.82. The van der Waals surface area contributed by atoms with Gasteiger partial charge in [-0.2, -0.15) is 0 Å². The normalized spacial score (nSPS) is 10.6. The Kier molecular flexibility index (Phi) is 2.22. The Morgan fingerprint density at radius 2 is 1.82 bits per heavy atom. The number of anilines is 1. The Morgan fingerprint density at radius 1 is 0.941 bits per heavy atom. The Morgan fingerprint density at radius 3 is 2.71 bits per heavy atom. The average Bonchev–Trinajstić information content (AvgIpc) is 2.38. The van der Waals surface area contributed by atoms with E-state index in [1.54, 1.807) is 12.3 Å². The quantitative estimate of drug-likeness (QED) is 0.687. The molecule has 2 heterocycles. The van der Waals surface area contributed by atoms with Gasteiger partial charge in [-0.05, 0) is 24.3 Å². The van der Waals surface area contributed by atoms with E-state index in [1.165, 1.54) is 0 Å². The van der Waals surface area contributed by atoms with E-state index in [4.69, 9.17) is 5.73 Å². The monoisotopic (exact) mass is 221 g/mol. The van der Waals surface area contributed by atoms with Gasteiger partial charge >= 0.3 is 0 Å². The van der Waals surface area contributed by atoms with Crippen LogP contribution in [0.2, 0.25) is 0 Å². The Labute approximate surface area is 98.9 Å². The Bertz CT molecular complexity index is 677. The number of pyridine rings is 2. The molecule has 0 atom stereocenters. The highest BCUT2D eigenvalue weighted by Crippen LogP contribution is 2.21. The summed E-state index contributed by atoms with van der Waals surface area (Å²) < 4.78 is 0. The molecule has 0 aliphatic rings. The summed E-state index contributed by atoms with van der Waals surface area (Å²) in [4.78, 5) is 8.70. The highest BCUT2D eigenvalue weighted by Gasteiger charge is 2.01. The van der Waals surface area contributed by atoms with Crippen LogP contribution in [0, 0.1) is 0 Å². The number of hydrogen-bond acceptors (Lipinski definition) is 3. The molecular formula is C14H11N3. The molecule has 0 radical (unpaired) electrons. The molecule has 3 heteroatoms. The van der Waals surface area contributed by atoms with Crippen molar-refractivity contribution in [1.29, 1.82) is 0 Å². The second kappa shape index (κ2) is 3.87. The topological polar surface area (TPSA) is 51.8 Å². The second-order valence-corrected chi connectivity index (χ2v) is 3.89. The fourth-order valence-electron chi connectivity index (χ4n) is 1.82. The lowest BCUT2D eigenvalue weighted by atomic mass is 10.1. The highest BCUT2D eigenvalue weighted by atomic mass is 14.7. The van der Waals surface area contributed by atoms with Crippen LogP contribution in [0.15, 0.2) is 54.9 Å². The fraction of sp³-hybridized carbons (Fsp3) is 0. The first-order valence-electron chi connectivity index (χ1n) is 5.40. The molecule has 0 aliphatic heterocycles. The third-order valence-electron chi connectivity index (χ3n) is 2.67. The van der Waals surface area contributed by atoms with E-state index in [-0.39, 0.29) is 0 Å². The molecule has 3 aromatic rings. The molecule has 1 aromatic carbocycles. The predicted octanol–water partition coefficient (Wildman–Crippen LogP) is 2.88. The number of rotatable bonds is 1. The van der Waals surface area contributed by atoms with Gasteiger partial charge in [-0.15, -0.1) is 0 Å². The predicted molar refractivity (Wildman–Crippen MR) is 69.4 cm³/mol. The van der Waals surface area contributed by atoms with Crippen molar-refractivity contribution in [2.75, 3.05) is 5.73 Å². The van der Waals surface area contributed by atoms with Crippen molar-refractivity contribution in [3.05, 3.63) is 54.9 Å². The lowest BCUT2D eigenvalue weighted by molar-refractivity contribution is 1.31. The maximum Gasteiger partial charge on any atom is 0.0738 e. The minimum atomic E-state index is 0.711. The third-order valence-corrected chi connectivity index (χ3v) is 2.67. The van der Waals surface area contributed by atoms with Crippen LogP contribution in [-0.4, -0.2) is 9.97 Å². The van der Waals surface area contributed by atoms with E-state index in [9.17, 15) is 0 Å². The number of nitrogens with zero attached hydrogens (tertiary/aromatic N) is 2. The first-order chi connectivity index (χ1) is 8.33. The molecule has 2 aromatic heterocycles. The van der Waals surface area contributed by atoms with Crippen LogP contribution in [0.1, 0.15) is 0 Å². The molecule has 0 unspecified atom stereocenters. The summed E-state index contributed by atoms with van der Waals surface area (Å²) in [5.74, 6) is 0. The lowest BCUT2D eigenvalue weighted by Crippen LogP contribution is -1.89. The first-order valence-corrected chi connectivity index (χ1v) is 5.40.